The third-order valence-electron chi connectivity index (χ3n) is 5.88. The lowest BCUT2D eigenvalue weighted by atomic mass is 10.1. The van der Waals surface area contributed by atoms with Gasteiger partial charge in [-0.3, -0.25) is 4.79 Å². The lowest BCUT2D eigenvalue weighted by Gasteiger charge is -2.30. The summed E-state index contributed by atoms with van der Waals surface area (Å²) < 4.78 is 11.1. The largest absolute Gasteiger partial charge is 0.495 e. The number of benzene rings is 2. The molecule has 1 aromatic heterocycles. The summed E-state index contributed by atoms with van der Waals surface area (Å²) in [5, 5.41) is 12.4. The molecule has 1 aliphatic heterocycles. The SMILES string of the molecule is COc1cc(Cc2nccc(-c3ccc(NC(=O)C(C)C)c(C#N)c3)n2)ccc1N1CCOCC1. The highest BCUT2D eigenvalue weighted by Crippen LogP contribution is 2.31. The van der Waals surface area contributed by atoms with Gasteiger partial charge in [-0.2, -0.15) is 5.26 Å². The van der Waals surface area contributed by atoms with E-state index < -0.39 is 0 Å². The normalized spacial score (nSPS) is 13.4. The maximum absolute atomic E-state index is 12.1. The molecule has 0 unspecified atom stereocenters. The zero-order valence-corrected chi connectivity index (χ0v) is 20.2. The van der Waals surface area contributed by atoms with Crippen molar-refractivity contribution >= 4 is 17.3 Å². The molecule has 1 fully saturated rings. The van der Waals surface area contributed by atoms with Gasteiger partial charge in [-0.1, -0.05) is 26.0 Å². The third-order valence-corrected chi connectivity index (χ3v) is 5.88. The highest BCUT2D eigenvalue weighted by molar-refractivity contribution is 5.93. The van der Waals surface area contributed by atoms with Crippen LogP contribution in [-0.4, -0.2) is 49.3 Å². The van der Waals surface area contributed by atoms with E-state index in [-0.39, 0.29) is 11.8 Å². The number of hydrogen-bond acceptors (Lipinski definition) is 7. The van der Waals surface area contributed by atoms with Gasteiger partial charge in [-0.25, -0.2) is 9.97 Å². The minimum absolute atomic E-state index is 0.131. The van der Waals surface area contributed by atoms with Gasteiger partial charge in [0.15, 0.2) is 0 Å². The summed E-state index contributed by atoms with van der Waals surface area (Å²) in [6.45, 7) is 6.72. The van der Waals surface area contributed by atoms with Crippen LogP contribution in [0.5, 0.6) is 5.75 Å². The fourth-order valence-electron chi connectivity index (χ4n) is 3.91. The molecule has 0 radical (unpaired) electrons. The molecule has 0 spiro atoms. The molecule has 8 nitrogen and oxygen atoms in total. The first-order chi connectivity index (χ1) is 17.0. The molecular formula is C27H29N5O3. The Balaban J connectivity index is 1.54. The molecule has 2 heterocycles. The first-order valence-corrected chi connectivity index (χ1v) is 11.7. The van der Waals surface area contributed by atoms with Crippen molar-refractivity contribution in [2.75, 3.05) is 43.6 Å². The highest BCUT2D eigenvalue weighted by atomic mass is 16.5. The third kappa shape index (κ3) is 5.76. The molecule has 0 aliphatic carbocycles. The Morgan fingerprint density at radius 1 is 1.20 bits per heavy atom. The number of aromatic nitrogens is 2. The molecule has 0 bridgehead atoms. The smallest absolute Gasteiger partial charge is 0.226 e. The number of carbonyl (C=O) groups excluding carboxylic acids is 1. The van der Waals surface area contributed by atoms with Crippen molar-refractivity contribution in [3.8, 4) is 23.1 Å². The van der Waals surface area contributed by atoms with Gasteiger partial charge in [0.25, 0.3) is 0 Å². The predicted molar refractivity (Wildman–Crippen MR) is 134 cm³/mol. The Labute approximate surface area is 205 Å². The summed E-state index contributed by atoms with van der Waals surface area (Å²) >= 11 is 0. The zero-order valence-electron chi connectivity index (χ0n) is 20.2. The number of nitrogens with zero attached hydrogens (tertiary/aromatic N) is 4. The van der Waals surface area contributed by atoms with Crippen LogP contribution in [0.1, 0.15) is 30.8 Å². The van der Waals surface area contributed by atoms with Crippen LogP contribution in [0, 0.1) is 17.2 Å². The van der Waals surface area contributed by atoms with Gasteiger partial charge < -0.3 is 19.7 Å². The minimum atomic E-state index is -0.174. The number of nitriles is 1. The van der Waals surface area contributed by atoms with E-state index in [0.717, 1.165) is 35.7 Å². The number of amides is 1. The van der Waals surface area contributed by atoms with Gasteiger partial charge in [0.1, 0.15) is 17.6 Å². The summed E-state index contributed by atoms with van der Waals surface area (Å²) in [4.78, 5) is 23.5. The van der Waals surface area contributed by atoms with Gasteiger partial charge in [-0.15, -0.1) is 0 Å². The topological polar surface area (TPSA) is 100 Å². The van der Waals surface area contributed by atoms with Crippen LogP contribution in [0.2, 0.25) is 0 Å². The lowest BCUT2D eigenvalue weighted by Crippen LogP contribution is -2.36. The van der Waals surface area contributed by atoms with E-state index >= 15 is 0 Å². The van der Waals surface area contributed by atoms with E-state index in [0.29, 0.717) is 42.4 Å². The van der Waals surface area contributed by atoms with Crippen molar-refractivity contribution in [3.63, 3.8) is 0 Å². The summed E-state index contributed by atoms with van der Waals surface area (Å²) in [6, 6.07) is 15.5. The summed E-state index contributed by atoms with van der Waals surface area (Å²) in [5.41, 5.74) is 4.48. The predicted octanol–water partition coefficient (Wildman–Crippen LogP) is 4.05. The van der Waals surface area contributed by atoms with Crippen LogP contribution in [0.4, 0.5) is 11.4 Å². The molecule has 0 atom stereocenters. The Bertz CT molecular complexity index is 1250. The molecular weight excluding hydrogens is 442 g/mol. The van der Waals surface area contributed by atoms with Crippen LogP contribution in [0.3, 0.4) is 0 Å². The zero-order chi connectivity index (χ0) is 24.8. The number of hydrogen-bond donors (Lipinski definition) is 1. The molecule has 1 N–H and O–H groups in total. The number of morpholine rings is 1. The van der Waals surface area contributed by atoms with Crippen LogP contribution in [0.25, 0.3) is 11.3 Å². The van der Waals surface area contributed by atoms with Crippen molar-refractivity contribution < 1.29 is 14.3 Å². The number of nitrogens with one attached hydrogen (secondary N) is 1. The molecule has 1 saturated heterocycles. The molecule has 1 amide bonds. The van der Waals surface area contributed by atoms with Crippen molar-refractivity contribution in [3.05, 3.63) is 65.6 Å². The number of ether oxygens (including phenoxy) is 2. The number of methoxy groups -OCH3 is 1. The van der Waals surface area contributed by atoms with Gasteiger partial charge in [0.2, 0.25) is 5.91 Å². The Morgan fingerprint density at radius 3 is 2.71 bits per heavy atom. The summed E-state index contributed by atoms with van der Waals surface area (Å²) in [5.74, 6) is 1.18. The second-order valence-corrected chi connectivity index (χ2v) is 8.66. The maximum Gasteiger partial charge on any atom is 0.226 e. The Hall–Kier alpha value is -3.96. The Kier molecular flexibility index (Phi) is 7.58. The molecule has 2 aromatic carbocycles. The van der Waals surface area contributed by atoms with Crippen LogP contribution < -0.4 is 15.0 Å². The van der Waals surface area contributed by atoms with Crippen LogP contribution in [0.15, 0.2) is 48.7 Å². The van der Waals surface area contributed by atoms with Crippen molar-refractivity contribution in [2.24, 2.45) is 5.92 Å². The fourth-order valence-corrected chi connectivity index (χ4v) is 3.91. The molecule has 1 aliphatic rings. The van der Waals surface area contributed by atoms with Crippen molar-refractivity contribution in [1.29, 1.82) is 5.26 Å². The molecule has 35 heavy (non-hydrogen) atoms. The van der Waals surface area contributed by atoms with E-state index in [9.17, 15) is 10.1 Å². The molecule has 3 aromatic rings. The van der Waals surface area contributed by atoms with Crippen molar-refractivity contribution in [2.45, 2.75) is 20.3 Å². The van der Waals surface area contributed by atoms with Gasteiger partial charge in [0, 0.05) is 37.2 Å². The molecule has 180 valence electrons. The number of carbonyl (C=O) groups is 1. The fraction of sp³-hybridized carbons (Fsp3) is 0.333. The van der Waals surface area contributed by atoms with Gasteiger partial charge in [0.05, 0.1) is 43.0 Å². The van der Waals surface area contributed by atoms with E-state index in [2.05, 4.69) is 33.4 Å². The van der Waals surface area contributed by atoms with E-state index in [1.807, 2.05) is 32.0 Å². The highest BCUT2D eigenvalue weighted by Gasteiger charge is 2.17. The lowest BCUT2D eigenvalue weighted by molar-refractivity contribution is -0.118. The second-order valence-electron chi connectivity index (χ2n) is 8.66. The van der Waals surface area contributed by atoms with E-state index in [4.69, 9.17) is 14.5 Å². The van der Waals surface area contributed by atoms with E-state index in [1.54, 1.807) is 25.4 Å². The first kappa shape index (κ1) is 24.2. The minimum Gasteiger partial charge on any atom is -0.495 e. The average Bonchev–Trinajstić information content (AvgIpc) is 2.89. The summed E-state index contributed by atoms with van der Waals surface area (Å²) in [6.07, 6.45) is 2.26. The van der Waals surface area contributed by atoms with Gasteiger partial charge in [-0.05, 0) is 35.9 Å². The van der Waals surface area contributed by atoms with Gasteiger partial charge >= 0.3 is 0 Å². The summed E-state index contributed by atoms with van der Waals surface area (Å²) in [7, 11) is 1.68. The Morgan fingerprint density at radius 2 is 2.00 bits per heavy atom. The quantitative estimate of drug-likeness (QED) is 0.555. The van der Waals surface area contributed by atoms with Crippen LogP contribution >= 0.6 is 0 Å². The molecule has 0 saturated carbocycles. The first-order valence-electron chi connectivity index (χ1n) is 11.7. The number of anilines is 2. The molecule has 8 heteroatoms. The van der Waals surface area contributed by atoms with E-state index in [1.165, 1.54) is 0 Å². The standard InChI is InChI=1S/C27H29N5O3/c1-18(2)27(33)31-22-6-5-20(16-21(22)17-28)23-8-9-29-26(30-23)15-19-4-7-24(25(14-19)34-3)32-10-12-35-13-11-32/h4-9,14,16,18H,10-13,15H2,1-3H3,(H,31,33). The van der Waals surface area contributed by atoms with Crippen LogP contribution in [-0.2, 0) is 16.0 Å². The number of rotatable bonds is 7. The maximum atomic E-state index is 12.1. The second kappa shape index (κ2) is 11.0. The molecule has 4 rings (SSSR count). The monoisotopic (exact) mass is 471 g/mol. The average molecular weight is 472 g/mol. The van der Waals surface area contributed by atoms with Crippen molar-refractivity contribution in [1.82, 2.24) is 9.97 Å².